The van der Waals surface area contributed by atoms with Gasteiger partial charge in [0.25, 0.3) is 0 Å². The SMILES string of the molecule is O=C(CSc1nc(C2CC2)n(-c2ccccc2)n1)NC(=O)NC1CCCC1. The minimum absolute atomic E-state index is 0.112. The van der Waals surface area contributed by atoms with Gasteiger partial charge >= 0.3 is 6.03 Å². The molecule has 2 aliphatic rings. The molecule has 0 saturated heterocycles. The van der Waals surface area contributed by atoms with E-state index in [2.05, 4.69) is 20.7 Å². The van der Waals surface area contributed by atoms with Gasteiger partial charge in [0.2, 0.25) is 11.1 Å². The Bertz CT molecular complexity index is 813. The number of amides is 3. The van der Waals surface area contributed by atoms with Crippen LogP contribution in [0.25, 0.3) is 5.69 Å². The van der Waals surface area contributed by atoms with Crippen LogP contribution in [0.5, 0.6) is 0 Å². The number of carbonyl (C=O) groups excluding carboxylic acids is 2. The minimum atomic E-state index is -0.408. The quantitative estimate of drug-likeness (QED) is 0.746. The molecule has 4 rings (SSSR count). The monoisotopic (exact) mass is 385 g/mol. The van der Waals surface area contributed by atoms with Gasteiger partial charge in [-0.05, 0) is 37.8 Å². The molecule has 0 unspecified atom stereocenters. The molecule has 2 aromatic rings. The predicted molar refractivity (Wildman–Crippen MR) is 103 cm³/mol. The van der Waals surface area contributed by atoms with Crippen LogP contribution in [0, 0.1) is 0 Å². The number of urea groups is 1. The van der Waals surface area contributed by atoms with E-state index in [-0.39, 0.29) is 17.7 Å². The lowest BCUT2D eigenvalue weighted by molar-refractivity contribution is -0.117. The molecule has 1 aromatic heterocycles. The van der Waals surface area contributed by atoms with Crippen LogP contribution in [-0.2, 0) is 4.79 Å². The van der Waals surface area contributed by atoms with E-state index in [0.717, 1.165) is 50.0 Å². The van der Waals surface area contributed by atoms with E-state index in [4.69, 9.17) is 0 Å². The van der Waals surface area contributed by atoms with Crippen LogP contribution in [0.2, 0.25) is 0 Å². The van der Waals surface area contributed by atoms with E-state index in [9.17, 15) is 9.59 Å². The van der Waals surface area contributed by atoms with Gasteiger partial charge in [0.05, 0.1) is 11.4 Å². The maximum absolute atomic E-state index is 12.1. The number of nitrogens with one attached hydrogen (secondary N) is 2. The second-order valence-electron chi connectivity index (χ2n) is 7.07. The fourth-order valence-corrected chi connectivity index (χ4v) is 3.94. The Labute approximate surface area is 162 Å². The number of para-hydroxylation sites is 1. The Morgan fingerprint density at radius 1 is 1.11 bits per heavy atom. The van der Waals surface area contributed by atoms with E-state index in [1.54, 1.807) is 0 Å². The Hall–Kier alpha value is -2.35. The summed E-state index contributed by atoms with van der Waals surface area (Å²) in [6.07, 6.45) is 6.48. The molecular formula is C19H23N5O2S. The van der Waals surface area contributed by atoms with Crippen LogP contribution in [0.4, 0.5) is 4.79 Å². The van der Waals surface area contributed by atoms with E-state index in [1.807, 2.05) is 35.0 Å². The van der Waals surface area contributed by atoms with Crippen molar-refractivity contribution in [2.75, 3.05) is 5.75 Å². The summed E-state index contributed by atoms with van der Waals surface area (Å²) in [5, 5.41) is 10.4. The predicted octanol–water partition coefficient (Wildman–Crippen LogP) is 3.01. The van der Waals surface area contributed by atoms with Gasteiger partial charge in [-0.3, -0.25) is 10.1 Å². The van der Waals surface area contributed by atoms with Gasteiger partial charge in [0.15, 0.2) is 0 Å². The zero-order valence-electron chi connectivity index (χ0n) is 15.1. The molecule has 2 aliphatic carbocycles. The van der Waals surface area contributed by atoms with Crippen molar-refractivity contribution in [1.29, 1.82) is 0 Å². The number of carbonyl (C=O) groups is 2. The topological polar surface area (TPSA) is 88.9 Å². The molecule has 0 bridgehead atoms. The summed E-state index contributed by atoms with van der Waals surface area (Å²) in [6, 6.07) is 9.68. The zero-order chi connectivity index (χ0) is 18.6. The van der Waals surface area contributed by atoms with Crippen molar-refractivity contribution in [3.8, 4) is 5.69 Å². The molecule has 142 valence electrons. The smallest absolute Gasteiger partial charge is 0.321 e. The van der Waals surface area contributed by atoms with E-state index in [1.165, 1.54) is 11.8 Å². The third-order valence-corrected chi connectivity index (χ3v) is 5.67. The lowest BCUT2D eigenvalue weighted by atomic mass is 10.2. The molecule has 1 heterocycles. The van der Waals surface area contributed by atoms with Gasteiger partial charge in [-0.1, -0.05) is 42.8 Å². The van der Waals surface area contributed by atoms with Gasteiger partial charge in [-0.2, -0.15) is 0 Å². The van der Waals surface area contributed by atoms with Gasteiger partial charge in [0.1, 0.15) is 5.82 Å². The van der Waals surface area contributed by atoms with Crippen LogP contribution < -0.4 is 10.6 Å². The highest BCUT2D eigenvalue weighted by Crippen LogP contribution is 2.40. The molecule has 0 spiro atoms. The lowest BCUT2D eigenvalue weighted by Gasteiger charge is -2.11. The molecule has 0 atom stereocenters. The van der Waals surface area contributed by atoms with E-state index >= 15 is 0 Å². The van der Waals surface area contributed by atoms with Gasteiger partial charge in [-0.25, -0.2) is 14.5 Å². The third-order valence-electron chi connectivity index (χ3n) is 4.83. The summed E-state index contributed by atoms with van der Waals surface area (Å²) < 4.78 is 1.87. The second kappa shape index (κ2) is 8.12. The number of benzene rings is 1. The Kier molecular flexibility index (Phi) is 5.42. The zero-order valence-corrected chi connectivity index (χ0v) is 15.9. The highest BCUT2D eigenvalue weighted by atomic mass is 32.2. The summed E-state index contributed by atoms with van der Waals surface area (Å²) in [6.45, 7) is 0. The number of aromatic nitrogens is 3. The molecular weight excluding hydrogens is 362 g/mol. The minimum Gasteiger partial charge on any atom is -0.335 e. The van der Waals surface area contributed by atoms with Crippen molar-refractivity contribution in [3.05, 3.63) is 36.2 Å². The summed E-state index contributed by atoms with van der Waals surface area (Å²) in [5.41, 5.74) is 0.971. The van der Waals surface area contributed by atoms with Crippen molar-refractivity contribution >= 4 is 23.7 Å². The molecule has 27 heavy (non-hydrogen) atoms. The van der Waals surface area contributed by atoms with Crippen molar-refractivity contribution in [1.82, 2.24) is 25.4 Å². The van der Waals surface area contributed by atoms with E-state index < -0.39 is 6.03 Å². The maximum atomic E-state index is 12.1. The average molecular weight is 385 g/mol. The Balaban J connectivity index is 1.34. The standard InChI is InChI=1S/C19H23N5O2S/c25-16(21-18(26)20-14-6-4-5-7-14)12-27-19-22-17(13-10-11-13)24(23-19)15-8-2-1-3-9-15/h1-3,8-9,13-14H,4-7,10-12H2,(H2,20,21,25,26). The number of nitrogens with zero attached hydrogens (tertiary/aromatic N) is 3. The van der Waals surface area contributed by atoms with Crippen molar-refractivity contribution in [2.45, 2.75) is 55.6 Å². The molecule has 8 heteroatoms. The molecule has 2 saturated carbocycles. The normalized spacial score (nSPS) is 17.0. The first-order valence-electron chi connectivity index (χ1n) is 9.44. The third kappa shape index (κ3) is 4.68. The number of hydrogen-bond donors (Lipinski definition) is 2. The van der Waals surface area contributed by atoms with Crippen LogP contribution >= 0.6 is 11.8 Å². The lowest BCUT2D eigenvalue weighted by Crippen LogP contribution is -2.44. The Morgan fingerprint density at radius 2 is 1.85 bits per heavy atom. The number of thioether (sulfide) groups is 1. The van der Waals surface area contributed by atoms with Crippen LogP contribution in [0.15, 0.2) is 35.5 Å². The van der Waals surface area contributed by atoms with Crippen molar-refractivity contribution in [2.24, 2.45) is 0 Å². The van der Waals surface area contributed by atoms with Crippen LogP contribution in [0.3, 0.4) is 0 Å². The van der Waals surface area contributed by atoms with Gasteiger partial charge in [0, 0.05) is 12.0 Å². The molecule has 1 aromatic carbocycles. The first-order chi connectivity index (χ1) is 13.2. The fourth-order valence-electron chi connectivity index (χ4n) is 3.32. The summed E-state index contributed by atoms with van der Waals surface area (Å²) in [5.74, 6) is 1.17. The summed E-state index contributed by atoms with van der Waals surface area (Å²) in [7, 11) is 0. The highest BCUT2D eigenvalue weighted by Gasteiger charge is 2.30. The highest BCUT2D eigenvalue weighted by molar-refractivity contribution is 7.99. The average Bonchev–Trinajstić information content (AvgIpc) is 3.22. The van der Waals surface area contributed by atoms with Gasteiger partial charge in [-0.15, -0.1) is 5.10 Å². The second-order valence-corrected chi connectivity index (χ2v) is 8.01. The first-order valence-corrected chi connectivity index (χ1v) is 10.4. The molecule has 2 N–H and O–H groups in total. The largest absolute Gasteiger partial charge is 0.335 e. The molecule has 0 aliphatic heterocycles. The van der Waals surface area contributed by atoms with E-state index in [0.29, 0.717) is 11.1 Å². The molecule has 2 fully saturated rings. The molecule has 0 radical (unpaired) electrons. The summed E-state index contributed by atoms with van der Waals surface area (Å²) in [4.78, 5) is 28.5. The molecule has 3 amide bonds. The van der Waals surface area contributed by atoms with Crippen LogP contribution in [0.1, 0.15) is 50.3 Å². The number of imide groups is 1. The van der Waals surface area contributed by atoms with Crippen molar-refractivity contribution < 1.29 is 9.59 Å². The number of rotatable bonds is 6. The fraction of sp³-hybridized carbons (Fsp3) is 0.474. The number of hydrogen-bond acceptors (Lipinski definition) is 5. The van der Waals surface area contributed by atoms with Gasteiger partial charge < -0.3 is 5.32 Å². The molecule has 7 nitrogen and oxygen atoms in total. The van der Waals surface area contributed by atoms with Crippen LogP contribution in [-0.4, -0.2) is 38.5 Å². The first kappa shape index (κ1) is 18.0. The Morgan fingerprint density at radius 3 is 2.56 bits per heavy atom. The summed E-state index contributed by atoms with van der Waals surface area (Å²) >= 11 is 1.25. The van der Waals surface area contributed by atoms with Crippen molar-refractivity contribution in [3.63, 3.8) is 0 Å². The maximum Gasteiger partial charge on any atom is 0.321 e.